The summed E-state index contributed by atoms with van der Waals surface area (Å²) in [5, 5.41) is 1.93. The van der Waals surface area contributed by atoms with Crippen molar-refractivity contribution in [2.45, 2.75) is 32.2 Å². The number of aryl methyl sites for hydroxylation is 1. The standard InChI is InChI=1S/C15H19NO3S2/c1-10-8-14(11(2)12(3)15(10)19-4)21(17,18)16-9-13-6-5-7-20-13/h5-8,16H,9H2,1-4H3. The number of benzene rings is 1. The van der Waals surface area contributed by atoms with Gasteiger partial charge in [0.05, 0.1) is 12.0 Å². The maximum Gasteiger partial charge on any atom is 0.241 e. The molecule has 0 bridgehead atoms. The Morgan fingerprint density at radius 3 is 2.52 bits per heavy atom. The normalized spacial score (nSPS) is 11.6. The van der Waals surface area contributed by atoms with E-state index in [-0.39, 0.29) is 0 Å². The monoisotopic (exact) mass is 325 g/mol. The highest BCUT2D eigenvalue weighted by molar-refractivity contribution is 7.89. The van der Waals surface area contributed by atoms with Crippen molar-refractivity contribution in [3.8, 4) is 5.75 Å². The lowest BCUT2D eigenvalue weighted by molar-refractivity contribution is 0.407. The van der Waals surface area contributed by atoms with Crippen LogP contribution in [0.3, 0.4) is 0 Å². The molecule has 1 aromatic heterocycles. The number of rotatable bonds is 5. The van der Waals surface area contributed by atoms with Crippen LogP contribution in [0.1, 0.15) is 21.6 Å². The highest BCUT2D eigenvalue weighted by atomic mass is 32.2. The SMILES string of the molecule is COc1c(C)cc(S(=O)(=O)NCc2cccs2)c(C)c1C. The summed E-state index contributed by atoms with van der Waals surface area (Å²) < 4.78 is 33.0. The number of nitrogens with one attached hydrogen (secondary N) is 1. The summed E-state index contributed by atoms with van der Waals surface area (Å²) in [4.78, 5) is 1.30. The first-order valence-electron chi connectivity index (χ1n) is 6.53. The third-order valence-electron chi connectivity index (χ3n) is 3.49. The van der Waals surface area contributed by atoms with Gasteiger partial charge in [0.1, 0.15) is 5.75 Å². The van der Waals surface area contributed by atoms with Crippen LogP contribution in [0.25, 0.3) is 0 Å². The second kappa shape index (κ2) is 6.17. The van der Waals surface area contributed by atoms with E-state index in [1.807, 2.05) is 31.4 Å². The van der Waals surface area contributed by atoms with Gasteiger partial charge in [0.25, 0.3) is 0 Å². The fraction of sp³-hybridized carbons (Fsp3) is 0.333. The second-order valence-corrected chi connectivity index (χ2v) is 7.65. The molecular formula is C15H19NO3S2. The molecule has 0 aliphatic rings. The van der Waals surface area contributed by atoms with Crippen LogP contribution in [0.15, 0.2) is 28.5 Å². The van der Waals surface area contributed by atoms with Gasteiger partial charge in [-0.1, -0.05) is 6.07 Å². The van der Waals surface area contributed by atoms with E-state index in [1.165, 1.54) is 11.3 Å². The van der Waals surface area contributed by atoms with Crippen LogP contribution in [-0.2, 0) is 16.6 Å². The van der Waals surface area contributed by atoms with Crippen LogP contribution in [0.4, 0.5) is 0 Å². The summed E-state index contributed by atoms with van der Waals surface area (Å²) in [6, 6.07) is 5.48. The molecule has 2 aromatic rings. The Kier molecular flexibility index (Phi) is 4.70. The average molecular weight is 325 g/mol. The Hall–Kier alpha value is -1.37. The third-order valence-corrected chi connectivity index (χ3v) is 5.89. The predicted molar refractivity (Wildman–Crippen MR) is 85.5 cm³/mol. The van der Waals surface area contributed by atoms with Gasteiger partial charge in [0.2, 0.25) is 10.0 Å². The van der Waals surface area contributed by atoms with Gasteiger partial charge in [0, 0.05) is 11.4 Å². The Morgan fingerprint density at radius 2 is 1.95 bits per heavy atom. The Balaban J connectivity index is 2.36. The van der Waals surface area contributed by atoms with E-state index in [2.05, 4.69) is 4.72 Å². The Bertz CT molecular complexity index is 735. The largest absolute Gasteiger partial charge is 0.496 e. The lowest BCUT2D eigenvalue weighted by Crippen LogP contribution is -2.24. The van der Waals surface area contributed by atoms with Crippen molar-refractivity contribution in [2.75, 3.05) is 7.11 Å². The quantitative estimate of drug-likeness (QED) is 0.919. The van der Waals surface area contributed by atoms with E-state index < -0.39 is 10.0 Å². The van der Waals surface area contributed by atoms with Gasteiger partial charge in [-0.3, -0.25) is 0 Å². The van der Waals surface area contributed by atoms with Gasteiger partial charge in [-0.2, -0.15) is 0 Å². The zero-order valence-electron chi connectivity index (χ0n) is 12.6. The van der Waals surface area contributed by atoms with Crippen LogP contribution in [0.5, 0.6) is 5.75 Å². The molecule has 6 heteroatoms. The highest BCUT2D eigenvalue weighted by Crippen LogP contribution is 2.30. The zero-order valence-corrected chi connectivity index (χ0v) is 14.2. The molecule has 0 atom stereocenters. The zero-order chi connectivity index (χ0) is 15.6. The lowest BCUT2D eigenvalue weighted by Gasteiger charge is -2.16. The van der Waals surface area contributed by atoms with Crippen molar-refractivity contribution in [1.82, 2.24) is 4.72 Å². The Labute approximate surface area is 129 Å². The van der Waals surface area contributed by atoms with Crippen molar-refractivity contribution in [2.24, 2.45) is 0 Å². The fourth-order valence-electron chi connectivity index (χ4n) is 2.27. The van der Waals surface area contributed by atoms with Gasteiger partial charge in [-0.15, -0.1) is 11.3 Å². The topological polar surface area (TPSA) is 55.4 Å². The lowest BCUT2D eigenvalue weighted by atomic mass is 10.1. The first-order chi connectivity index (χ1) is 9.86. The molecule has 4 nitrogen and oxygen atoms in total. The molecule has 2 rings (SSSR count). The van der Waals surface area contributed by atoms with Crippen LogP contribution in [-0.4, -0.2) is 15.5 Å². The minimum atomic E-state index is -3.54. The molecule has 0 aliphatic heterocycles. The van der Waals surface area contributed by atoms with Gasteiger partial charge < -0.3 is 4.74 Å². The van der Waals surface area contributed by atoms with Gasteiger partial charge >= 0.3 is 0 Å². The number of hydrogen-bond donors (Lipinski definition) is 1. The second-order valence-electron chi connectivity index (χ2n) is 4.88. The summed E-state index contributed by atoms with van der Waals surface area (Å²) in [7, 11) is -1.94. The summed E-state index contributed by atoms with van der Waals surface area (Å²) in [6.45, 7) is 5.84. The number of sulfonamides is 1. The summed E-state index contributed by atoms with van der Waals surface area (Å²) >= 11 is 1.53. The van der Waals surface area contributed by atoms with Crippen molar-refractivity contribution < 1.29 is 13.2 Å². The van der Waals surface area contributed by atoms with Gasteiger partial charge in [0.15, 0.2) is 0 Å². The third kappa shape index (κ3) is 3.28. The molecule has 0 amide bonds. The van der Waals surface area contributed by atoms with Crippen molar-refractivity contribution in [1.29, 1.82) is 0 Å². The molecule has 114 valence electrons. The number of methoxy groups -OCH3 is 1. The molecule has 0 aliphatic carbocycles. The van der Waals surface area contributed by atoms with Crippen molar-refractivity contribution in [3.05, 3.63) is 45.1 Å². The number of ether oxygens (including phenoxy) is 1. The average Bonchev–Trinajstić information content (AvgIpc) is 2.94. The van der Waals surface area contributed by atoms with E-state index in [9.17, 15) is 8.42 Å². The number of hydrogen-bond acceptors (Lipinski definition) is 4. The predicted octanol–water partition coefficient (Wildman–Crippen LogP) is 3.16. The number of thiophene rings is 1. The summed E-state index contributed by atoms with van der Waals surface area (Å²) in [5.74, 6) is 0.740. The van der Waals surface area contributed by atoms with E-state index in [0.29, 0.717) is 11.4 Å². The first kappa shape index (κ1) is 16.0. The smallest absolute Gasteiger partial charge is 0.241 e. The minimum Gasteiger partial charge on any atom is -0.496 e. The van der Waals surface area contributed by atoms with Crippen LogP contribution >= 0.6 is 11.3 Å². The van der Waals surface area contributed by atoms with E-state index in [4.69, 9.17) is 4.74 Å². The van der Waals surface area contributed by atoms with E-state index >= 15 is 0 Å². The van der Waals surface area contributed by atoms with Gasteiger partial charge in [-0.25, -0.2) is 13.1 Å². The summed E-state index contributed by atoms with van der Waals surface area (Å²) in [6.07, 6.45) is 0. The molecule has 1 aromatic carbocycles. The van der Waals surface area contributed by atoms with Crippen LogP contribution in [0.2, 0.25) is 0 Å². The molecular weight excluding hydrogens is 306 g/mol. The fourth-order valence-corrected chi connectivity index (χ4v) is 4.40. The molecule has 0 fully saturated rings. The molecule has 0 unspecified atom stereocenters. The molecule has 0 saturated heterocycles. The summed E-state index contributed by atoms with van der Waals surface area (Å²) in [5.41, 5.74) is 2.39. The van der Waals surface area contributed by atoms with E-state index in [1.54, 1.807) is 20.1 Å². The van der Waals surface area contributed by atoms with Crippen molar-refractivity contribution >= 4 is 21.4 Å². The van der Waals surface area contributed by atoms with Crippen LogP contribution in [0, 0.1) is 20.8 Å². The molecule has 0 spiro atoms. The molecule has 1 N–H and O–H groups in total. The first-order valence-corrected chi connectivity index (χ1v) is 8.90. The molecule has 1 heterocycles. The highest BCUT2D eigenvalue weighted by Gasteiger charge is 2.21. The maximum atomic E-state index is 12.5. The van der Waals surface area contributed by atoms with E-state index in [0.717, 1.165) is 27.3 Å². The van der Waals surface area contributed by atoms with Crippen LogP contribution < -0.4 is 9.46 Å². The minimum absolute atomic E-state index is 0.309. The maximum absolute atomic E-state index is 12.5. The van der Waals surface area contributed by atoms with Gasteiger partial charge in [-0.05, 0) is 55.0 Å². The molecule has 21 heavy (non-hydrogen) atoms. The molecule has 0 saturated carbocycles. The Morgan fingerprint density at radius 1 is 1.24 bits per heavy atom. The molecule has 0 radical (unpaired) electrons. The van der Waals surface area contributed by atoms with Crippen molar-refractivity contribution in [3.63, 3.8) is 0 Å².